The summed E-state index contributed by atoms with van der Waals surface area (Å²) in [6.45, 7) is 1.02. The summed E-state index contributed by atoms with van der Waals surface area (Å²) in [7, 11) is 0. The Morgan fingerprint density at radius 3 is 2.75 bits per heavy atom. The molecule has 1 amide bonds. The monoisotopic (exact) mass is 369 g/mol. The van der Waals surface area contributed by atoms with E-state index in [-0.39, 0.29) is 12.4 Å². The van der Waals surface area contributed by atoms with E-state index in [0.29, 0.717) is 29.6 Å². The summed E-state index contributed by atoms with van der Waals surface area (Å²) in [6.07, 6.45) is 4.23. The second-order valence-electron chi connectivity index (χ2n) is 4.50. The lowest BCUT2D eigenvalue weighted by Gasteiger charge is -2.09. The van der Waals surface area contributed by atoms with Crippen LogP contribution in [0.1, 0.15) is 5.56 Å². The molecule has 1 aromatic carbocycles. The van der Waals surface area contributed by atoms with Crippen molar-refractivity contribution in [3.8, 4) is 5.75 Å². The number of nitrogens with one attached hydrogen (secondary N) is 2. The molecular weight excluding hydrogens is 353 g/mol. The number of aromatic nitrogens is 1. The Hall–Kier alpha value is -2.28. The number of halogens is 2. The van der Waals surface area contributed by atoms with E-state index < -0.39 is 5.91 Å². The summed E-state index contributed by atoms with van der Waals surface area (Å²) in [5.41, 5.74) is 2.15. The van der Waals surface area contributed by atoms with E-state index in [4.69, 9.17) is 21.5 Å². The van der Waals surface area contributed by atoms with Gasteiger partial charge in [-0.15, -0.1) is 12.4 Å². The van der Waals surface area contributed by atoms with Gasteiger partial charge in [-0.2, -0.15) is 0 Å². The number of benzene rings is 1. The largest absolute Gasteiger partial charge is 0.492 e. The molecule has 0 bridgehead atoms. The predicted molar refractivity (Wildman–Crippen MR) is 95.9 cm³/mol. The van der Waals surface area contributed by atoms with E-state index in [0.717, 1.165) is 5.75 Å². The van der Waals surface area contributed by atoms with Crippen molar-refractivity contribution in [2.45, 2.75) is 0 Å². The quantitative estimate of drug-likeness (QED) is 0.302. The summed E-state index contributed by atoms with van der Waals surface area (Å²) in [6, 6.07) is 11.2. The maximum atomic E-state index is 10.9. The molecule has 2 rings (SSSR count). The normalized spacial score (nSPS) is 10.1. The average Bonchev–Trinajstić information content (AvgIpc) is 2.58. The second-order valence-corrected chi connectivity index (χ2v) is 4.90. The first-order valence-corrected chi connectivity index (χ1v) is 7.26. The molecule has 0 aliphatic rings. The highest BCUT2D eigenvalue weighted by molar-refractivity contribution is 6.33. The summed E-state index contributed by atoms with van der Waals surface area (Å²) < 4.78 is 5.56. The van der Waals surface area contributed by atoms with Crippen LogP contribution in [-0.2, 0) is 4.79 Å². The number of para-hydroxylation sites is 1. The van der Waals surface area contributed by atoms with Gasteiger partial charge < -0.3 is 10.1 Å². The number of carbonyl (C=O) groups is 1. The van der Waals surface area contributed by atoms with Crippen molar-refractivity contribution in [3.63, 3.8) is 0 Å². The van der Waals surface area contributed by atoms with Crippen molar-refractivity contribution < 1.29 is 14.7 Å². The highest BCUT2D eigenvalue weighted by Gasteiger charge is 2.02. The maximum Gasteiger partial charge on any atom is 0.267 e. The van der Waals surface area contributed by atoms with Gasteiger partial charge in [-0.1, -0.05) is 29.8 Å². The van der Waals surface area contributed by atoms with E-state index >= 15 is 0 Å². The predicted octanol–water partition coefficient (Wildman–Crippen LogP) is 3.17. The number of carbonyl (C=O) groups excluding carboxylic acids is 1. The van der Waals surface area contributed by atoms with Crippen LogP contribution in [-0.4, -0.2) is 29.3 Å². The van der Waals surface area contributed by atoms with E-state index in [1.54, 1.807) is 12.3 Å². The molecule has 0 fully saturated rings. The molecule has 0 aliphatic heterocycles. The van der Waals surface area contributed by atoms with Crippen molar-refractivity contribution in [2.24, 2.45) is 0 Å². The third-order valence-electron chi connectivity index (χ3n) is 2.81. The SMILES string of the molecule is Cl.O=C(C=Cc1cnc(NCCOc2ccccc2)c(Cl)c1)NO. The van der Waals surface area contributed by atoms with Crippen molar-refractivity contribution in [1.82, 2.24) is 10.5 Å². The molecule has 0 saturated carbocycles. The Balaban J connectivity index is 0.00000288. The van der Waals surface area contributed by atoms with Crippen LogP contribution in [0.5, 0.6) is 5.75 Å². The number of ether oxygens (including phenoxy) is 1. The molecule has 0 aliphatic carbocycles. The molecule has 6 nitrogen and oxygen atoms in total. The number of rotatable bonds is 7. The van der Waals surface area contributed by atoms with E-state index in [1.165, 1.54) is 17.6 Å². The zero-order valence-corrected chi connectivity index (χ0v) is 14.2. The minimum atomic E-state index is -0.624. The zero-order chi connectivity index (χ0) is 16.5. The van der Waals surface area contributed by atoms with Gasteiger partial charge in [0.2, 0.25) is 0 Å². The Labute approximate surface area is 150 Å². The highest BCUT2D eigenvalue weighted by atomic mass is 35.5. The third-order valence-corrected chi connectivity index (χ3v) is 3.09. The van der Waals surface area contributed by atoms with Crippen molar-refractivity contribution >= 4 is 41.8 Å². The van der Waals surface area contributed by atoms with Crippen molar-refractivity contribution in [3.05, 3.63) is 59.3 Å². The van der Waals surface area contributed by atoms with Crippen LogP contribution in [0.25, 0.3) is 6.08 Å². The van der Waals surface area contributed by atoms with Crippen LogP contribution in [0.2, 0.25) is 5.02 Å². The molecule has 2 aromatic rings. The molecule has 128 valence electrons. The highest BCUT2D eigenvalue weighted by Crippen LogP contribution is 2.20. The van der Waals surface area contributed by atoms with Gasteiger partial charge in [0.15, 0.2) is 0 Å². The lowest BCUT2D eigenvalue weighted by atomic mass is 10.2. The number of pyridine rings is 1. The zero-order valence-electron chi connectivity index (χ0n) is 12.6. The van der Waals surface area contributed by atoms with Gasteiger partial charge in [-0.25, -0.2) is 10.5 Å². The number of hydroxylamine groups is 1. The molecule has 3 N–H and O–H groups in total. The molecule has 0 radical (unpaired) electrons. The van der Waals surface area contributed by atoms with Crippen molar-refractivity contribution in [1.29, 1.82) is 0 Å². The average molecular weight is 370 g/mol. The molecule has 0 unspecified atom stereocenters. The Morgan fingerprint density at radius 1 is 1.33 bits per heavy atom. The van der Waals surface area contributed by atoms with E-state index in [2.05, 4.69) is 10.3 Å². The lowest BCUT2D eigenvalue weighted by Crippen LogP contribution is -2.14. The van der Waals surface area contributed by atoms with Gasteiger partial charge in [0, 0.05) is 12.3 Å². The Kier molecular flexibility index (Phi) is 8.64. The van der Waals surface area contributed by atoms with Crippen LogP contribution in [0.3, 0.4) is 0 Å². The van der Waals surface area contributed by atoms with Crippen LogP contribution in [0, 0.1) is 0 Å². The summed E-state index contributed by atoms with van der Waals surface area (Å²) in [5, 5.41) is 11.9. The fraction of sp³-hybridized carbons (Fsp3) is 0.125. The summed E-state index contributed by atoms with van der Waals surface area (Å²) in [4.78, 5) is 15.1. The molecule has 8 heteroatoms. The van der Waals surface area contributed by atoms with Crippen LogP contribution >= 0.6 is 24.0 Å². The van der Waals surface area contributed by atoms with Gasteiger partial charge in [-0.05, 0) is 29.8 Å². The summed E-state index contributed by atoms with van der Waals surface area (Å²) in [5.74, 6) is 0.712. The number of hydrogen-bond acceptors (Lipinski definition) is 5. The molecule has 1 aromatic heterocycles. The maximum absolute atomic E-state index is 10.9. The van der Waals surface area contributed by atoms with Gasteiger partial charge in [0.25, 0.3) is 5.91 Å². The van der Waals surface area contributed by atoms with E-state index in [1.807, 2.05) is 30.3 Å². The summed E-state index contributed by atoms with van der Waals surface area (Å²) >= 11 is 6.12. The standard InChI is InChI=1S/C16H16ClN3O3.ClH/c17-14-10-12(6-7-15(21)20-22)11-19-16(14)18-8-9-23-13-4-2-1-3-5-13;/h1-7,10-11,22H,8-9H2,(H,18,19)(H,20,21);1H. The number of amides is 1. The first-order chi connectivity index (χ1) is 11.2. The Morgan fingerprint density at radius 2 is 2.08 bits per heavy atom. The minimum absolute atomic E-state index is 0. The second kappa shape index (κ2) is 10.5. The fourth-order valence-corrected chi connectivity index (χ4v) is 1.98. The Bertz CT molecular complexity index is 682. The van der Waals surface area contributed by atoms with Crippen LogP contribution in [0.4, 0.5) is 5.82 Å². The molecule has 0 saturated heterocycles. The first kappa shape index (κ1) is 19.8. The van der Waals surface area contributed by atoms with Gasteiger partial charge in [0.1, 0.15) is 18.2 Å². The fourth-order valence-electron chi connectivity index (χ4n) is 1.74. The minimum Gasteiger partial charge on any atom is -0.492 e. The lowest BCUT2D eigenvalue weighted by molar-refractivity contribution is -0.124. The van der Waals surface area contributed by atoms with Gasteiger partial charge in [-0.3, -0.25) is 10.0 Å². The molecular formula is C16H17Cl2N3O3. The van der Waals surface area contributed by atoms with Crippen LogP contribution < -0.4 is 15.5 Å². The van der Waals surface area contributed by atoms with Crippen LogP contribution in [0.15, 0.2) is 48.7 Å². The smallest absolute Gasteiger partial charge is 0.267 e. The van der Waals surface area contributed by atoms with Gasteiger partial charge >= 0.3 is 0 Å². The first-order valence-electron chi connectivity index (χ1n) is 6.88. The molecule has 1 heterocycles. The van der Waals surface area contributed by atoms with Gasteiger partial charge in [0.05, 0.1) is 11.6 Å². The number of nitrogens with zero attached hydrogens (tertiary/aromatic N) is 1. The third kappa shape index (κ3) is 6.45. The number of hydrogen-bond donors (Lipinski definition) is 3. The van der Waals surface area contributed by atoms with Crippen molar-refractivity contribution in [2.75, 3.05) is 18.5 Å². The molecule has 0 spiro atoms. The number of anilines is 1. The topological polar surface area (TPSA) is 83.5 Å². The molecule has 0 atom stereocenters. The molecule has 24 heavy (non-hydrogen) atoms. The van der Waals surface area contributed by atoms with E-state index in [9.17, 15) is 4.79 Å².